The first-order chi connectivity index (χ1) is 20.0. The lowest BCUT2D eigenvalue weighted by atomic mass is 10.1. The fraction of sp³-hybridized carbons (Fsp3) is 0.290. The summed E-state index contributed by atoms with van der Waals surface area (Å²) >= 11 is 5.07. The quantitative estimate of drug-likeness (QED) is 0.167. The van der Waals surface area contributed by atoms with E-state index >= 15 is 0 Å². The molecule has 1 fully saturated rings. The van der Waals surface area contributed by atoms with Crippen LogP contribution < -0.4 is 4.74 Å². The molecule has 1 unspecified atom stereocenters. The van der Waals surface area contributed by atoms with E-state index in [-0.39, 0.29) is 17.9 Å². The molecule has 41 heavy (non-hydrogen) atoms. The third-order valence-corrected chi connectivity index (χ3v) is 8.81. The summed E-state index contributed by atoms with van der Waals surface area (Å²) in [5.41, 5.74) is 2.57. The standard InChI is InChI=1S/C31H32BrN5O3S/c1-22-21-35(18-19-36(22)30(39)26-11-6-7-12-27(26)32)28(38)13-8-20-41-31-34-33-29(23-9-4-3-5-10-23)37(31)24-14-16-25(40-2)17-15-24/h3-7,9-12,14-17,22H,8,13,18-21H2,1-2H3. The Hall–Kier alpha value is -3.63. The molecule has 1 aromatic heterocycles. The predicted molar refractivity (Wildman–Crippen MR) is 165 cm³/mol. The van der Waals surface area contributed by atoms with Crippen molar-refractivity contribution in [2.24, 2.45) is 0 Å². The van der Waals surface area contributed by atoms with Crippen LogP contribution in [0.4, 0.5) is 0 Å². The molecule has 0 saturated carbocycles. The van der Waals surface area contributed by atoms with Gasteiger partial charge in [-0.15, -0.1) is 10.2 Å². The van der Waals surface area contributed by atoms with Gasteiger partial charge in [-0.25, -0.2) is 0 Å². The summed E-state index contributed by atoms with van der Waals surface area (Å²) in [6, 6.07) is 25.2. The molecule has 1 atom stereocenters. The van der Waals surface area contributed by atoms with Crippen molar-refractivity contribution in [2.75, 3.05) is 32.5 Å². The van der Waals surface area contributed by atoms with Crippen LogP contribution in [-0.4, -0.2) is 74.9 Å². The van der Waals surface area contributed by atoms with E-state index in [0.717, 1.165) is 38.2 Å². The molecular weight excluding hydrogens is 602 g/mol. The lowest BCUT2D eigenvalue weighted by Crippen LogP contribution is -2.55. The Morgan fingerprint density at radius 1 is 0.976 bits per heavy atom. The average molecular weight is 635 g/mol. The van der Waals surface area contributed by atoms with Gasteiger partial charge in [-0.3, -0.25) is 14.2 Å². The molecular formula is C31H32BrN5O3S. The summed E-state index contributed by atoms with van der Waals surface area (Å²) < 4.78 is 8.16. The normalized spacial score (nSPS) is 15.1. The second-order valence-corrected chi connectivity index (χ2v) is 11.7. The third kappa shape index (κ3) is 6.65. The van der Waals surface area contributed by atoms with Crippen LogP contribution in [-0.2, 0) is 4.79 Å². The maximum absolute atomic E-state index is 13.1. The van der Waals surface area contributed by atoms with Gasteiger partial charge in [0.15, 0.2) is 11.0 Å². The Labute approximate surface area is 252 Å². The Morgan fingerprint density at radius 3 is 2.41 bits per heavy atom. The number of thioether (sulfide) groups is 1. The molecule has 0 radical (unpaired) electrons. The van der Waals surface area contributed by atoms with Crippen molar-refractivity contribution < 1.29 is 14.3 Å². The molecule has 1 aliphatic rings. The fourth-order valence-electron chi connectivity index (χ4n) is 4.92. The van der Waals surface area contributed by atoms with Crippen molar-refractivity contribution >= 4 is 39.5 Å². The van der Waals surface area contributed by atoms with Crippen LogP contribution in [0.5, 0.6) is 5.75 Å². The molecule has 10 heteroatoms. The lowest BCUT2D eigenvalue weighted by Gasteiger charge is -2.40. The molecule has 1 aliphatic heterocycles. The van der Waals surface area contributed by atoms with Crippen LogP contribution in [0, 0.1) is 0 Å². The number of aromatic nitrogens is 3. The van der Waals surface area contributed by atoms with E-state index in [2.05, 4.69) is 26.1 Å². The molecule has 0 N–H and O–H groups in total. The summed E-state index contributed by atoms with van der Waals surface area (Å²) in [5, 5.41) is 9.77. The number of amides is 2. The number of halogens is 1. The van der Waals surface area contributed by atoms with Crippen LogP contribution in [0.15, 0.2) is 88.5 Å². The largest absolute Gasteiger partial charge is 0.497 e. The third-order valence-electron chi connectivity index (χ3n) is 7.11. The first-order valence-electron chi connectivity index (χ1n) is 13.6. The van der Waals surface area contributed by atoms with Gasteiger partial charge < -0.3 is 14.5 Å². The summed E-state index contributed by atoms with van der Waals surface area (Å²) in [7, 11) is 1.65. The molecule has 1 saturated heterocycles. The van der Waals surface area contributed by atoms with Gasteiger partial charge in [-0.2, -0.15) is 0 Å². The molecule has 2 amide bonds. The van der Waals surface area contributed by atoms with Gasteiger partial charge in [0, 0.05) is 53.6 Å². The molecule has 3 aromatic carbocycles. The van der Waals surface area contributed by atoms with Gasteiger partial charge in [0.1, 0.15) is 5.75 Å². The van der Waals surface area contributed by atoms with E-state index in [1.807, 2.05) is 100 Å². The summed E-state index contributed by atoms with van der Waals surface area (Å²) in [5.74, 6) is 2.38. The molecule has 5 rings (SSSR count). The van der Waals surface area contributed by atoms with Crippen molar-refractivity contribution in [1.82, 2.24) is 24.6 Å². The number of carbonyl (C=O) groups is 2. The molecule has 212 valence electrons. The van der Waals surface area contributed by atoms with Crippen LogP contribution in [0.1, 0.15) is 30.1 Å². The Morgan fingerprint density at radius 2 is 1.71 bits per heavy atom. The lowest BCUT2D eigenvalue weighted by molar-refractivity contribution is -0.133. The number of nitrogens with zero attached hydrogens (tertiary/aromatic N) is 5. The van der Waals surface area contributed by atoms with Gasteiger partial charge in [-0.1, -0.05) is 54.2 Å². The summed E-state index contributed by atoms with van der Waals surface area (Å²) in [6.07, 6.45) is 1.16. The van der Waals surface area contributed by atoms with E-state index in [1.165, 1.54) is 0 Å². The molecule has 8 nitrogen and oxygen atoms in total. The van der Waals surface area contributed by atoms with Crippen molar-refractivity contribution in [3.05, 3.63) is 88.9 Å². The number of hydrogen-bond acceptors (Lipinski definition) is 6. The number of hydrogen-bond donors (Lipinski definition) is 0. The van der Waals surface area contributed by atoms with Crippen LogP contribution >= 0.6 is 27.7 Å². The minimum atomic E-state index is -0.0545. The molecule has 4 aromatic rings. The number of benzene rings is 3. The van der Waals surface area contributed by atoms with Gasteiger partial charge in [0.25, 0.3) is 5.91 Å². The highest BCUT2D eigenvalue weighted by Crippen LogP contribution is 2.29. The average Bonchev–Trinajstić information content (AvgIpc) is 3.43. The first kappa shape index (κ1) is 28.9. The second kappa shape index (κ2) is 13.4. The maximum Gasteiger partial charge on any atom is 0.255 e. The van der Waals surface area contributed by atoms with Crippen LogP contribution in [0.2, 0.25) is 0 Å². The van der Waals surface area contributed by atoms with E-state index in [1.54, 1.807) is 18.9 Å². The van der Waals surface area contributed by atoms with Crippen molar-refractivity contribution in [3.8, 4) is 22.8 Å². The minimum absolute atomic E-state index is 0.00989. The number of carbonyl (C=O) groups excluding carboxylic acids is 2. The highest BCUT2D eigenvalue weighted by Gasteiger charge is 2.30. The minimum Gasteiger partial charge on any atom is -0.497 e. The molecule has 0 bridgehead atoms. The smallest absolute Gasteiger partial charge is 0.255 e. The van der Waals surface area contributed by atoms with Crippen LogP contribution in [0.3, 0.4) is 0 Å². The summed E-state index contributed by atoms with van der Waals surface area (Å²) in [4.78, 5) is 29.9. The number of piperazine rings is 1. The Kier molecular flexibility index (Phi) is 9.41. The summed E-state index contributed by atoms with van der Waals surface area (Å²) in [6.45, 7) is 3.60. The van der Waals surface area contributed by atoms with Gasteiger partial charge in [0.05, 0.1) is 12.7 Å². The molecule has 0 aliphatic carbocycles. The van der Waals surface area contributed by atoms with Gasteiger partial charge in [-0.05, 0) is 65.7 Å². The van der Waals surface area contributed by atoms with Crippen molar-refractivity contribution in [1.29, 1.82) is 0 Å². The molecule has 0 spiro atoms. The number of methoxy groups -OCH3 is 1. The zero-order valence-corrected chi connectivity index (χ0v) is 25.5. The van der Waals surface area contributed by atoms with Crippen LogP contribution in [0.25, 0.3) is 17.1 Å². The van der Waals surface area contributed by atoms with E-state index in [0.29, 0.717) is 38.0 Å². The fourth-order valence-corrected chi connectivity index (χ4v) is 6.27. The van der Waals surface area contributed by atoms with Gasteiger partial charge >= 0.3 is 0 Å². The Bertz CT molecular complexity index is 1500. The SMILES string of the molecule is COc1ccc(-n2c(SCCCC(=O)N3CCN(C(=O)c4ccccc4Br)C(C)C3)nnc2-c2ccccc2)cc1. The van der Waals surface area contributed by atoms with Gasteiger partial charge in [0.2, 0.25) is 5.91 Å². The van der Waals surface area contributed by atoms with E-state index in [9.17, 15) is 9.59 Å². The topological polar surface area (TPSA) is 80.6 Å². The highest BCUT2D eigenvalue weighted by atomic mass is 79.9. The zero-order chi connectivity index (χ0) is 28.8. The first-order valence-corrected chi connectivity index (χ1v) is 15.4. The predicted octanol–water partition coefficient (Wildman–Crippen LogP) is 5.95. The van der Waals surface area contributed by atoms with E-state index in [4.69, 9.17) is 4.74 Å². The number of rotatable bonds is 9. The highest BCUT2D eigenvalue weighted by molar-refractivity contribution is 9.10. The zero-order valence-electron chi connectivity index (χ0n) is 23.1. The van der Waals surface area contributed by atoms with Crippen molar-refractivity contribution in [2.45, 2.75) is 31.0 Å². The monoisotopic (exact) mass is 633 g/mol. The molecule has 2 heterocycles. The second-order valence-electron chi connectivity index (χ2n) is 9.82. The maximum atomic E-state index is 13.1. The Balaban J connectivity index is 1.18. The van der Waals surface area contributed by atoms with E-state index < -0.39 is 0 Å². The number of ether oxygens (including phenoxy) is 1. The van der Waals surface area contributed by atoms with Crippen molar-refractivity contribution in [3.63, 3.8) is 0 Å².